The number of hydrogen-bond donors (Lipinski definition) is 3. The second-order valence-electron chi connectivity index (χ2n) is 6.20. The van der Waals surface area contributed by atoms with Gasteiger partial charge in [-0.1, -0.05) is 61.3 Å². The molecule has 0 atom stereocenters. The molecule has 0 saturated heterocycles. The molecule has 4 nitrogen and oxygen atoms in total. The number of H-pyrrole nitrogens is 1. The largest absolute Gasteiger partial charge is 0.366 e. The third-order valence-electron chi connectivity index (χ3n) is 4.14. The normalized spacial score (nSPS) is 13.6. The van der Waals surface area contributed by atoms with Gasteiger partial charge in [0.1, 0.15) is 0 Å². The molecule has 148 valence electrons. The van der Waals surface area contributed by atoms with Crippen molar-refractivity contribution in [1.29, 1.82) is 0 Å². The lowest BCUT2D eigenvalue weighted by atomic mass is 10.0. The number of rotatable bonds is 4. The number of hydrogen-bond acceptors (Lipinski definition) is 3. The molecule has 1 heterocycles. The van der Waals surface area contributed by atoms with Crippen LogP contribution in [0.3, 0.4) is 0 Å². The van der Waals surface area contributed by atoms with Crippen LogP contribution in [0.4, 0.5) is 0 Å². The van der Waals surface area contributed by atoms with E-state index >= 15 is 0 Å². The van der Waals surface area contributed by atoms with Crippen LogP contribution in [0.15, 0.2) is 101 Å². The first-order valence-corrected chi connectivity index (χ1v) is 9.55. The third-order valence-corrected chi connectivity index (χ3v) is 4.41. The number of nitrogens with two attached hydrogens (primary N) is 1. The number of aromatic amines is 1. The molecule has 0 spiro atoms. The second-order valence-corrected chi connectivity index (χ2v) is 6.72. The summed E-state index contributed by atoms with van der Waals surface area (Å²) in [4.78, 5) is 26.0. The number of fused-ring (bicyclic) bond motifs is 1. The molecule has 0 radical (unpaired) electrons. The SMILES string of the molecule is C=C/C(=C\C=C/C)c1cc(=O)[nH]c2ccc(S)cc12.NC(=O)C1=CC=CC=CC1. The number of benzene rings is 1. The Hall–Kier alpha value is -3.31. The lowest BCUT2D eigenvalue weighted by molar-refractivity contribution is -0.114. The minimum absolute atomic E-state index is 0.123. The number of carbonyl (C=O) groups is 1. The van der Waals surface area contributed by atoms with Gasteiger partial charge < -0.3 is 10.7 Å². The van der Waals surface area contributed by atoms with E-state index in [1.54, 1.807) is 18.2 Å². The Bertz CT molecular complexity index is 1120. The van der Waals surface area contributed by atoms with Gasteiger partial charge >= 0.3 is 0 Å². The maximum Gasteiger partial charge on any atom is 0.249 e. The van der Waals surface area contributed by atoms with Crippen LogP contribution in [-0.4, -0.2) is 10.9 Å². The Morgan fingerprint density at radius 2 is 2.03 bits per heavy atom. The molecule has 3 rings (SSSR count). The van der Waals surface area contributed by atoms with E-state index in [9.17, 15) is 9.59 Å². The van der Waals surface area contributed by atoms with Crippen LogP contribution in [0.5, 0.6) is 0 Å². The summed E-state index contributed by atoms with van der Waals surface area (Å²) in [5.74, 6) is -0.337. The van der Waals surface area contributed by atoms with Crippen LogP contribution in [0.2, 0.25) is 0 Å². The molecule has 1 aromatic carbocycles. The number of allylic oxidation sites excluding steroid dienone is 10. The highest BCUT2D eigenvalue weighted by Gasteiger charge is 2.06. The van der Waals surface area contributed by atoms with E-state index in [1.807, 2.05) is 67.7 Å². The maximum absolute atomic E-state index is 11.7. The summed E-state index contributed by atoms with van der Waals surface area (Å²) in [6, 6.07) is 7.25. The molecule has 1 aliphatic carbocycles. The molecular formula is C24H24N2O2S. The number of aromatic nitrogens is 1. The van der Waals surface area contributed by atoms with E-state index in [-0.39, 0.29) is 11.5 Å². The van der Waals surface area contributed by atoms with E-state index in [0.29, 0.717) is 12.0 Å². The van der Waals surface area contributed by atoms with Crippen LogP contribution in [0.25, 0.3) is 16.5 Å². The fourth-order valence-electron chi connectivity index (χ4n) is 2.71. The molecule has 1 aromatic heterocycles. The zero-order valence-corrected chi connectivity index (χ0v) is 17.2. The summed E-state index contributed by atoms with van der Waals surface area (Å²) >= 11 is 4.35. The van der Waals surface area contributed by atoms with E-state index in [4.69, 9.17) is 5.73 Å². The number of nitrogens with one attached hydrogen (secondary N) is 1. The Kier molecular flexibility index (Phi) is 8.25. The van der Waals surface area contributed by atoms with E-state index in [2.05, 4.69) is 24.2 Å². The van der Waals surface area contributed by atoms with Crippen molar-refractivity contribution in [2.45, 2.75) is 18.2 Å². The van der Waals surface area contributed by atoms with Crippen molar-refractivity contribution in [3.63, 3.8) is 0 Å². The molecule has 3 N–H and O–H groups in total. The van der Waals surface area contributed by atoms with Crippen molar-refractivity contribution < 1.29 is 4.79 Å². The minimum atomic E-state index is -0.337. The van der Waals surface area contributed by atoms with Crippen LogP contribution in [0, 0.1) is 0 Å². The Balaban J connectivity index is 0.000000253. The zero-order valence-electron chi connectivity index (χ0n) is 16.3. The molecule has 2 aromatic rings. The van der Waals surface area contributed by atoms with Gasteiger partial charge in [0.2, 0.25) is 11.5 Å². The summed E-state index contributed by atoms with van der Waals surface area (Å²) in [6.07, 6.45) is 17.4. The standard InChI is InChI=1S/C16H15NOS.C8H9NO/c1-3-5-6-11(4-2)13-10-16(18)17-15-8-7-12(19)9-14(13)15;9-8(10)7-5-3-1-2-4-6-7/h3-10,19H,2H2,1H3,(H,17,18);1-5H,6H2,(H2,9,10)/b5-3-,11-6+;. The molecule has 1 aliphatic rings. The highest BCUT2D eigenvalue weighted by Crippen LogP contribution is 2.25. The Morgan fingerprint density at radius 3 is 2.72 bits per heavy atom. The molecule has 0 aliphatic heterocycles. The fourth-order valence-corrected chi connectivity index (χ4v) is 2.91. The van der Waals surface area contributed by atoms with Gasteiger partial charge in [0.15, 0.2) is 0 Å². The van der Waals surface area contributed by atoms with E-state index in [1.165, 1.54) is 0 Å². The maximum atomic E-state index is 11.7. The van der Waals surface area contributed by atoms with Gasteiger partial charge in [-0.2, -0.15) is 0 Å². The zero-order chi connectivity index (χ0) is 21.2. The predicted molar refractivity (Wildman–Crippen MR) is 125 cm³/mol. The molecule has 0 bridgehead atoms. The fraction of sp³-hybridized carbons (Fsp3) is 0.0833. The molecule has 0 saturated carbocycles. The number of primary amides is 1. The quantitative estimate of drug-likeness (QED) is 0.502. The van der Waals surface area contributed by atoms with E-state index < -0.39 is 0 Å². The molecule has 1 amide bonds. The summed E-state index contributed by atoms with van der Waals surface area (Å²) in [7, 11) is 0. The van der Waals surface area contributed by atoms with Gasteiger partial charge in [-0.3, -0.25) is 9.59 Å². The molecule has 29 heavy (non-hydrogen) atoms. The van der Waals surface area contributed by atoms with Crippen molar-refractivity contribution in [2.24, 2.45) is 5.73 Å². The van der Waals surface area contributed by atoms with Gasteiger partial charge in [0.25, 0.3) is 0 Å². The van der Waals surface area contributed by atoms with Crippen LogP contribution >= 0.6 is 12.6 Å². The Labute approximate surface area is 175 Å². The average molecular weight is 405 g/mol. The lowest BCUT2D eigenvalue weighted by Crippen LogP contribution is -2.12. The topological polar surface area (TPSA) is 75.9 Å². The minimum Gasteiger partial charge on any atom is -0.366 e. The van der Waals surface area contributed by atoms with E-state index in [0.717, 1.165) is 26.9 Å². The highest BCUT2D eigenvalue weighted by molar-refractivity contribution is 7.80. The number of pyridine rings is 1. The van der Waals surface area contributed by atoms with Gasteiger partial charge in [-0.15, -0.1) is 12.6 Å². The van der Waals surface area contributed by atoms with Crippen LogP contribution in [-0.2, 0) is 4.79 Å². The first-order valence-electron chi connectivity index (χ1n) is 9.10. The smallest absolute Gasteiger partial charge is 0.249 e. The van der Waals surface area contributed by atoms with Crippen molar-refractivity contribution in [3.05, 3.63) is 107 Å². The average Bonchev–Trinajstić information content (AvgIpc) is 2.99. The van der Waals surface area contributed by atoms with Gasteiger partial charge in [0.05, 0.1) is 0 Å². The van der Waals surface area contributed by atoms with Crippen LogP contribution in [0.1, 0.15) is 18.9 Å². The number of amides is 1. The molecule has 0 unspecified atom stereocenters. The summed E-state index contributed by atoms with van der Waals surface area (Å²) < 4.78 is 0. The van der Waals surface area contributed by atoms with Gasteiger partial charge in [-0.25, -0.2) is 0 Å². The first-order chi connectivity index (χ1) is 14.0. The second kappa shape index (κ2) is 10.9. The third kappa shape index (κ3) is 6.36. The molecule has 0 fully saturated rings. The molecule has 5 heteroatoms. The van der Waals surface area contributed by atoms with Crippen molar-refractivity contribution in [1.82, 2.24) is 4.98 Å². The molecular weight excluding hydrogens is 380 g/mol. The lowest BCUT2D eigenvalue weighted by Gasteiger charge is -2.07. The predicted octanol–water partition coefficient (Wildman–Crippen LogP) is 4.88. The summed E-state index contributed by atoms with van der Waals surface area (Å²) in [5, 5.41) is 0.961. The van der Waals surface area contributed by atoms with Crippen molar-refractivity contribution in [3.8, 4) is 0 Å². The van der Waals surface area contributed by atoms with Gasteiger partial charge in [0, 0.05) is 27.4 Å². The summed E-state index contributed by atoms with van der Waals surface area (Å²) in [6.45, 7) is 5.76. The van der Waals surface area contributed by atoms with Crippen molar-refractivity contribution in [2.75, 3.05) is 0 Å². The number of thiol groups is 1. The monoisotopic (exact) mass is 404 g/mol. The van der Waals surface area contributed by atoms with Gasteiger partial charge in [-0.05, 0) is 42.7 Å². The highest BCUT2D eigenvalue weighted by atomic mass is 32.1. The Morgan fingerprint density at radius 1 is 1.24 bits per heavy atom. The number of carbonyl (C=O) groups excluding carboxylic acids is 1. The van der Waals surface area contributed by atoms with Crippen molar-refractivity contribution >= 4 is 35.0 Å². The first kappa shape index (κ1) is 22.0. The summed E-state index contributed by atoms with van der Waals surface area (Å²) in [5.41, 5.74) is 8.17. The van der Waals surface area contributed by atoms with Crippen LogP contribution < -0.4 is 11.3 Å².